The minimum atomic E-state index is -4.79. The minimum absolute atomic E-state index is 0.0710. The fourth-order valence-electron chi connectivity index (χ4n) is 1.19. The molecule has 0 bridgehead atoms. The summed E-state index contributed by atoms with van der Waals surface area (Å²) < 4.78 is 36.7. The zero-order valence-corrected chi connectivity index (χ0v) is 9.68. The van der Waals surface area contributed by atoms with Crippen molar-refractivity contribution in [3.05, 3.63) is 0 Å². The van der Waals surface area contributed by atoms with Gasteiger partial charge in [0.05, 0.1) is 0 Å². The number of nitrogens with two attached hydrogens (primary N) is 1. The molecule has 6 heteroatoms. The number of carbonyl (C=O) groups excluding carboxylic acids is 1. The predicted octanol–water partition coefficient (Wildman–Crippen LogP) is 1.77. The lowest BCUT2D eigenvalue weighted by molar-refractivity contribution is -0.185. The summed E-state index contributed by atoms with van der Waals surface area (Å²) in [6.45, 7) is 4.29. The summed E-state index contributed by atoms with van der Waals surface area (Å²) in [7, 11) is 0. The van der Waals surface area contributed by atoms with Crippen LogP contribution in [0.25, 0.3) is 0 Å². The van der Waals surface area contributed by atoms with Gasteiger partial charge in [-0.3, -0.25) is 4.79 Å². The van der Waals surface area contributed by atoms with Crippen molar-refractivity contribution in [2.24, 2.45) is 11.7 Å². The molecule has 0 radical (unpaired) electrons. The minimum Gasteiger partial charge on any atom is -0.335 e. The zero-order chi connectivity index (χ0) is 12.8. The molecule has 0 aromatic heterocycles. The Kier molecular flexibility index (Phi) is 6.40. The highest BCUT2D eigenvalue weighted by Crippen LogP contribution is 2.19. The molecule has 0 spiro atoms. The van der Waals surface area contributed by atoms with Crippen LogP contribution in [-0.2, 0) is 4.79 Å². The summed E-state index contributed by atoms with van der Waals surface area (Å²) in [5, 5.41) is 0. The lowest BCUT2D eigenvalue weighted by atomic mass is 10.1. The van der Waals surface area contributed by atoms with Crippen LogP contribution in [0.3, 0.4) is 0 Å². The van der Waals surface area contributed by atoms with E-state index in [9.17, 15) is 18.0 Å². The molecule has 96 valence electrons. The number of hydrogen-bond acceptors (Lipinski definition) is 2. The fraction of sp³-hybridized carbons (Fsp3) is 0.900. The Labute approximate surface area is 93.8 Å². The van der Waals surface area contributed by atoms with Crippen LogP contribution >= 0.6 is 0 Å². The van der Waals surface area contributed by atoms with Crippen LogP contribution in [0, 0.1) is 5.92 Å². The number of nitrogens with zero attached hydrogens (tertiary/aromatic N) is 1. The van der Waals surface area contributed by atoms with Gasteiger partial charge in [-0.2, -0.15) is 13.2 Å². The Hall–Kier alpha value is -0.780. The van der Waals surface area contributed by atoms with Crippen molar-refractivity contribution in [2.75, 3.05) is 19.6 Å². The first-order chi connectivity index (χ1) is 7.29. The topological polar surface area (TPSA) is 46.3 Å². The summed E-state index contributed by atoms with van der Waals surface area (Å²) >= 11 is 0. The molecule has 0 aromatic rings. The molecule has 0 aliphatic heterocycles. The van der Waals surface area contributed by atoms with E-state index in [1.165, 1.54) is 0 Å². The van der Waals surface area contributed by atoms with Crippen LogP contribution in [0.4, 0.5) is 13.2 Å². The summed E-state index contributed by atoms with van der Waals surface area (Å²) in [6.07, 6.45) is -3.84. The van der Waals surface area contributed by atoms with Gasteiger partial charge in [0.1, 0.15) is 0 Å². The Morgan fingerprint density at radius 2 is 1.88 bits per heavy atom. The maximum Gasteiger partial charge on any atom is 0.471 e. The van der Waals surface area contributed by atoms with Gasteiger partial charge in [0.15, 0.2) is 0 Å². The SMILES string of the molecule is CC(C)CCN(CCCN)C(=O)C(F)(F)F. The number of halogens is 3. The standard InChI is InChI=1S/C10H19F3N2O/c1-8(2)4-7-15(6-3-5-14)9(16)10(11,12)13/h8H,3-7,14H2,1-2H3. The van der Waals surface area contributed by atoms with Crippen LogP contribution in [-0.4, -0.2) is 36.6 Å². The van der Waals surface area contributed by atoms with Gasteiger partial charge in [-0.25, -0.2) is 0 Å². The van der Waals surface area contributed by atoms with Gasteiger partial charge >= 0.3 is 12.1 Å². The molecule has 0 rings (SSSR count). The fourth-order valence-corrected chi connectivity index (χ4v) is 1.19. The summed E-state index contributed by atoms with van der Waals surface area (Å²) in [5.74, 6) is -1.50. The molecule has 2 N–H and O–H groups in total. The number of carbonyl (C=O) groups is 1. The van der Waals surface area contributed by atoms with E-state index in [4.69, 9.17) is 5.73 Å². The monoisotopic (exact) mass is 240 g/mol. The predicted molar refractivity (Wildman–Crippen MR) is 55.8 cm³/mol. The molecule has 0 unspecified atom stereocenters. The van der Waals surface area contributed by atoms with E-state index >= 15 is 0 Å². The third-order valence-electron chi connectivity index (χ3n) is 2.14. The number of rotatable bonds is 6. The molecule has 0 aliphatic carbocycles. The molecule has 0 atom stereocenters. The highest BCUT2D eigenvalue weighted by Gasteiger charge is 2.41. The summed E-state index contributed by atoms with van der Waals surface area (Å²) in [4.78, 5) is 11.9. The van der Waals surface area contributed by atoms with Gasteiger partial charge in [0.2, 0.25) is 0 Å². The van der Waals surface area contributed by atoms with Crippen molar-refractivity contribution in [1.29, 1.82) is 0 Å². The molecule has 0 saturated heterocycles. The smallest absolute Gasteiger partial charge is 0.335 e. The van der Waals surface area contributed by atoms with E-state index in [0.717, 1.165) is 4.90 Å². The van der Waals surface area contributed by atoms with E-state index < -0.39 is 12.1 Å². The third kappa shape index (κ3) is 5.95. The van der Waals surface area contributed by atoms with Crippen molar-refractivity contribution in [2.45, 2.75) is 32.9 Å². The maximum absolute atomic E-state index is 12.2. The van der Waals surface area contributed by atoms with Gasteiger partial charge < -0.3 is 10.6 Å². The van der Waals surface area contributed by atoms with Crippen molar-refractivity contribution < 1.29 is 18.0 Å². The van der Waals surface area contributed by atoms with Crippen molar-refractivity contribution >= 4 is 5.91 Å². The van der Waals surface area contributed by atoms with Gasteiger partial charge in [0.25, 0.3) is 0 Å². The number of amides is 1. The average Bonchev–Trinajstić information content (AvgIpc) is 2.15. The normalized spacial score (nSPS) is 11.9. The van der Waals surface area contributed by atoms with Gasteiger partial charge in [-0.15, -0.1) is 0 Å². The van der Waals surface area contributed by atoms with E-state index in [-0.39, 0.29) is 25.6 Å². The molecular formula is C10H19F3N2O. The summed E-state index contributed by atoms with van der Waals surface area (Å²) in [6, 6.07) is 0. The van der Waals surface area contributed by atoms with E-state index in [1.54, 1.807) is 0 Å². The van der Waals surface area contributed by atoms with Crippen molar-refractivity contribution in [1.82, 2.24) is 4.90 Å². The lowest BCUT2D eigenvalue weighted by Gasteiger charge is -2.24. The average molecular weight is 240 g/mol. The van der Waals surface area contributed by atoms with Crippen LogP contribution < -0.4 is 5.73 Å². The highest BCUT2D eigenvalue weighted by atomic mass is 19.4. The summed E-state index contributed by atoms with van der Waals surface area (Å²) in [5.41, 5.74) is 5.22. The van der Waals surface area contributed by atoms with Crippen LogP contribution in [0.2, 0.25) is 0 Å². The second-order valence-corrected chi connectivity index (χ2v) is 4.11. The lowest BCUT2D eigenvalue weighted by Crippen LogP contribution is -2.42. The molecule has 0 heterocycles. The third-order valence-corrected chi connectivity index (χ3v) is 2.14. The number of alkyl halides is 3. The first kappa shape index (κ1) is 15.2. The molecule has 0 aliphatic rings. The van der Waals surface area contributed by atoms with Crippen LogP contribution in [0.1, 0.15) is 26.7 Å². The zero-order valence-electron chi connectivity index (χ0n) is 9.68. The van der Waals surface area contributed by atoms with Crippen LogP contribution in [0.15, 0.2) is 0 Å². The van der Waals surface area contributed by atoms with E-state index in [0.29, 0.717) is 12.8 Å². The Morgan fingerprint density at radius 3 is 2.25 bits per heavy atom. The molecule has 0 aromatic carbocycles. The van der Waals surface area contributed by atoms with E-state index in [1.807, 2.05) is 13.8 Å². The Balaban J connectivity index is 4.35. The molecule has 16 heavy (non-hydrogen) atoms. The second-order valence-electron chi connectivity index (χ2n) is 4.11. The molecule has 0 saturated carbocycles. The molecule has 0 fully saturated rings. The van der Waals surface area contributed by atoms with Gasteiger partial charge in [0, 0.05) is 13.1 Å². The molecular weight excluding hydrogens is 221 g/mol. The highest BCUT2D eigenvalue weighted by molar-refractivity contribution is 5.81. The van der Waals surface area contributed by atoms with Gasteiger partial charge in [-0.05, 0) is 25.3 Å². The first-order valence-electron chi connectivity index (χ1n) is 5.35. The largest absolute Gasteiger partial charge is 0.471 e. The number of hydrogen-bond donors (Lipinski definition) is 1. The Bertz CT molecular complexity index is 217. The molecule has 3 nitrogen and oxygen atoms in total. The van der Waals surface area contributed by atoms with E-state index in [2.05, 4.69) is 0 Å². The Morgan fingerprint density at radius 1 is 1.31 bits per heavy atom. The van der Waals surface area contributed by atoms with Gasteiger partial charge in [-0.1, -0.05) is 13.8 Å². The molecule has 1 amide bonds. The second kappa shape index (κ2) is 6.73. The van der Waals surface area contributed by atoms with Crippen molar-refractivity contribution in [3.63, 3.8) is 0 Å². The maximum atomic E-state index is 12.2. The van der Waals surface area contributed by atoms with Crippen LogP contribution in [0.5, 0.6) is 0 Å². The van der Waals surface area contributed by atoms with Crippen molar-refractivity contribution in [3.8, 4) is 0 Å². The quantitative estimate of drug-likeness (QED) is 0.769. The first-order valence-corrected chi connectivity index (χ1v) is 5.35.